The molecule has 0 amide bonds. The Morgan fingerprint density at radius 1 is 1.53 bits per heavy atom. The largest absolute Gasteiger partial charge is 0.355 e. The third-order valence-electron chi connectivity index (χ3n) is 2.60. The molecule has 0 aliphatic rings. The maximum Gasteiger partial charge on any atom is 0.193 e. The van der Waals surface area contributed by atoms with Crippen molar-refractivity contribution < 1.29 is 8.42 Å². The van der Waals surface area contributed by atoms with Crippen molar-refractivity contribution in [2.45, 2.75) is 6.42 Å². The highest BCUT2D eigenvalue weighted by Crippen LogP contribution is 2.09. The third kappa shape index (κ3) is 6.58. The average molecular weight is 303 g/mol. The molecular weight excluding hydrogens is 282 g/mol. The molecule has 0 saturated carbocycles. The number of aliphatic imine (C=N–C) groups is 1. The van der Waals surface area contributed by atoms with Crippen molar-refractivity contribution in [2.24, 2.45) is 4.99 Å². The van der Waals surface area contributed by atoms with Gasteiger partial charge in [0.25, 0.3) is 0 Å². The number of thiophene rings is 1. The van der Waals surface area contributed by atoms with E-state index in [1.165, 1.54) is 11.1 Å². The molecule has 0 atom stereocenters. The van der Waals surface area contributed by atoms with Gasteiger partial charge in [-0.1, -0.05) is 6.07 Å². The molecule has 0 fully saturated rings. The summed E-state index contributed by atoms with van der Waals surface area (Å²) in [6.45, 7) is 1.23. The van der Waals surface area contributed by atoms with Gasteiger partial charge >= 0.3 is 0 Å². The molecule has 0 spiro atoms. The maximum atomic E-state index is 11.1. The molecule has 1 heterocycles. The van der Waals surface area contributed by atoms with Crippen molar-refractivity contribution in [2.75, 3.05) is 39.2 Å². The average Bonchev–Trinajstić information content (AvgIpc) is 2.83. The Kier molecular flexibility index (Phi) is 6.30. The zero-order chi connectivity index (χ0) is 14.3. The molecule has 19 heavy (non-hydrogen) atoms. The lowest BCUT2D eigenvalue weighted by atomic mass is 10.3. The van der Waals surface area contributed by atoms with E-state index in [2.05, 4.69) is 21.8 Å². The van der Waals surface area contributed by atoms with Crippen molar-refractivity contribution in [3.63, 3.8) is 0 Å². The molecule has 7 heteroatoms. The Balaban J connectivity index is 2.37. The maximum absolute atomic E-state index is 11.1. The molecule has 1 aromatic rings. The zero-order valence-electron chi connectivity index (χ0n) is 11.6. The van der Waals surface area contributed by atoms with Crippen molar-refractivity contribution in [1.29, 1.82) is 0 Å². The number of hydrogen-bond donors (Lipinski definition) is 1. The van der Waals surface area contributed by atoms with Gasteiger partial charge in [-0.25, -0.2) is 8.42 Å². The topological polar surface area (TPSA) is 61.8 Å². The van der Waals surface area contributed by atoms with Crippen LogP contribution in [0, 0.1) is 0 Å². The van der Waals surface area contributed by atoms with Gasteiger partial charge in [-0.3, -0.25) is 4.99 Å². The van der Waals surface area contributed by atoms with Crippen molar-refractivity contribution in [1.82, 2.24) is 10.2 Å². The number of guanidine groups is 1. The minimum absolute atomic E-state index is 0.116. The number of sulfone groups is 1. The van der Waals surface area contributed by atoms with Crippen LogP contribution < -0.4 is 5.32 Å². The summed E-state index contributed by atoms with van der Waals surface area (Å²) in [6, 6.07) is 4.15. The van der Waals surface area contributed by atoms with E-state index in [-0.39, 0.29) is 5.75 Å². The second-order valence-electron chi connectivity index (χ2n) is 4.35. The van der Waals surface area contributed by atoms with Gasteiger partial charge in [0, 0.05) is 38.3 Å². The predicted molar refractivity (Wildman–Crippen MR) is 81.7 cm³/mol. The minimum atomic E-state index is -2.94. The molecule has 0 bridgehead atoms. The Bertz CT molecular complexity index is 495. The van der Waals surface area contributed by atoms with Crippen LogP contribution in [0.2, 0.25) is 0 Å². The van der Waals surface area contributed by atoms with Crippen LogP contribution in [-0.2, 0) is 16.3 Å². The molecule has 1 aromatic heterocycles. The quantitative estimate of drug-likeness (QED) is 0.625. The Morgan fingerprint density at radius 3 is 2.79 bits per heavy atom. The van der Waals surface area contributed by atoms with E-state index in [1.807, 2.05) is 18.0 Å². The van der Waals surface area contributed by atoms with Crippen LogP contribution in [-0.4, -0.2) is 58.5 Å². The zero-order valence-corrected chi connectivity index (χ0v) is 13.2. The molecule has 0 unspecified atom stereocenters. The number of hydrogen-bond acceptors (Lipinski definition) is 4. The Morgan fingerprint density at radius 2 is 2.26 bits per heavy atom. The van der Waals surface area contributed by atoms with E-state index in [4.69, 9.17) is 0 Å². The monoisotopic (exact) mass is 303 g/mol. The molecule has 1 rings (SSSR count). The van der Waals surface area contributed by atoms with Gasteiger partial charge < -0.3 is 10.2 Å². The smallest absolute Gasteiger partial charge is 0.193 e. The summed E-state index contributed by atoms with van der Waals surface area (Å²) >= 11 is 1.74. The van der Waals surface area contributed by atoms with Crippen LogP contribution in [0.5, 0.6) is 0 Å². The van der Waals surface area contributed by atoms with E-state index < -0.39 is 9.84 Å². The van der Waals surface area contributed by atoms with Gasteiger partial charge in [0.2, 0.25) is 0 Å². The van der Waals surface area contributed by atoms with E-state index in [1.54, 1.807) is 18.4 Å². The highest BCUT2D eigenvalue weighted by molar-refractivity contribution is 7.90. The number of nitrogens with zero attached hydrogens (tertiary/aromatic N) is 2. The fourth-order valence-electron chi connectivity index (χ4n) is 1.57. The lowest BCUT2D eigenvalue weighted by Gasteiger charge is -2.21. The van der Waals surface area contributed by atoms with Gasteiger partial charge in [-0.05, 0) is 17.9 Å². The second kappa shape index (κ2) is 7.49. The minimum Gasteiger partial charge on any atom is -0.355 e. The molecule has 0 radical (unpaired) electrons. The first-order valence-electron chi connectivity index (χ1n) is 6.04. The summed E-state index contributed by atoms with van der Waals surface area (Å²) in [6.07, 6.45) is 2.19. The SMILES string of the molecule is CN=C(NCCS(C)(=O)=O)N(C)CCc1cccs1. The third-order valence-corrected chi connectivity index (χ3v) is 4.48. The summed E-state index contributed by atoms with van der Waals surface area (Å²) < 4.78 is 22.1. The second-order valence-corrected chi connectivity index (χ2v) is 7.65. The summed E-state index contributed by atoms with van der Waals surface area (Å²) in [4.78, 5) is 7.48. The number of likely N-dealkylation sites (N-methyl/N-ethyl adjacent to an activating group) is 1. The van der Waals surface area contributed by atoms with E-state index in [0.29, 0.717) is 6.54 Å². The van der Waals surface area contributed by atoms with Crippen LogP contribution in [0.15, 0.2) is 22.5 Å². The van der Waals surface area contributed by atoms with Gasteiger partial charge in [0.05, 0.1) is 5.75 Å². The summed E-state index contributed by atoms with van der Waals surface area (Å²) in [7, 11) is 0.711. The van der Waals surface area contributed by atoms with Crippen LogP contribution in [0.25, 0.3) is 0 Å². The molecule has 0 aliphatic heterocycles. The molecule has 0 saturated heterocycles. The van der Waals surface area contributed by atoms with Crippen molar-refractivity contribution in [3.05, 3.63) is 22.4 Å². The fraction of sp³-hybridized carbons (Fsp3) is 0.583. The normalized spacial score (nSPS) is 12.5. The predicted octanol–water partition coefficient (Wildman–Crippen LogP) is 0.842. The molecule has 108 valence electrons. The highest BCUT2D eigenvalue weighted by Gasteiger charge is 2.07. The first kappa shape index (κ1) is 16.0. The van der Waals surface area contributed by atoms with Crippen LogP contribution in [0.3, 0.4) is 0 Å². The Labute approximate surface area is 119 Å². The lowest BCUT2D eigenvalue weighted by molar-refractivity contribution is 0.488. The van der Waals surface area contributed by atoms with E-state index >= 15 is 0 Å². The molecule has 0 aliphatic carbocycles. The first-order valence-corrected chi connectivity index (χ1v) is 8.98. The molecule has 0 aromatic carbocycles. The fourth-order valence-corrected chi connectivity index (χ4v) is 2.74. The van der Waals surface area contributed by atoms with Crippen LogP contribution in [0.4, 0.5) is 0 Å². The number of nitrogens with one attached hydrogen (secondary N) is 1. The van der Waals surface area contributed by atoms with Gasteiger partial charge in [0.15, 0.2) is 5.96 Å². The molecular formula is C12H21N3O2S2. The van der Waals surface area contributed by atoms with Crippen molar-refractivity contribution >= 4 is 27.1 Å². The van der Waals surface area contributed by atoms with Crippen molar-refractivity contribution in [3.8, 4) is 0 Å². The van der Waals surface area contributed by atoms with Gasteiger partial charge in [0.1, 0.15) is 9.84 Å². The van der Waals surface area contributed by atoms with E-state index in [0.717, 1.165) is 18.9 Å². The summed E-state index contributed by atoms with van der Waals surface area (Å²) in [5, 5.41) is 5.12. The standard InChI is InChI=1S/C12H21N3O2S2/c1-13-12(14-7-10-19(3,16)17)15(2)8-6-11-5-4-9-18-11/h4-5,9H,6-8,10H2,1-3H3,(H,13,14). The van der Waals surface area contributed by atoms with Crippen LogP contribution in [0.1, 0.15) is 4.88 Å². The highest BCUT2D eigenvalue weighted by atomic mass is 32.2. The molecule has 5 nitrogen and oxygen atoms in total. The van der Waals surface area contributed by atoms with Gasteiger partial charge in [-0.15, -0.1) is 11.3 Å². The van der Waals surface area contributed by atoms with Crippen LogP contribution >= 0.6 is 11.3 Å². The summed E-state index contributed by atoms with van der Waals surface area (Å²) in [5.41, 5.74) is 0. The van der Waals surface area contributed by atoms with Gasteiger partial charge in [-0.2, -0.15) is 0 Å². The summed E-state index contributed by atoms with van der Waals surface area (Å²) in [5.74, 6) is 0.838. The molecule has 1 N–H and O–H groups in total. The first-order chi connectivity index (χ1) is 8.92. The lowest BCUT2D eigenvalue weighted by Crippen LogP contribution is -2.41. The Hall–Kier alpha value is -1.08. The number of rotatable bonds is 6. The van der Waals surface area contributed by atoms with E-state index in [9.17, 15) is 8.42 Å².